The molecule has 0 spiro atoms. The van der Waals surface area contributed by atoms with Crippen molar-refractivity contribution in [2.75, 3.05) is 13.6 Å². The monoisotopic (exact) mass is 212 g/mol. The fourth-order valence-corrected chi connectivity index (χ4v) is 2.22. The van der Waals surface area contributed by atoms with Gasteiger partial charge in [-0.05, 0) is 31.2 Å². The van der Waals surface area contributed by atoms with E-state index in [0.29, 0.717) is 5.56 Å². The van der Waals surface area contributed by atoms with E-state index in [0.717, 1.165) is 19.0 Å². The summed E-state index contributed by atoms with van der Waals surface area (Å²) in [7, 11) is 1.92. The predicted molar refractivity (Wildman–Crippen MR) is 54.3 cm³/mol. The molecule has 2 nitrogen and oxygen atoms in total. The van der Waals surface area contributed by atoms with Crippen molar-refractivity contribution >= 4 is 0 Å². The fourth-order valence-electron chi connectivity index (χ4n) is 2.22. The third-order valence-electron chi connectivity index (χ3n) is 2.92. The number of hydrogen-bond acceptors (Lipinski definition) is 2. The van der Waals surface area contributed by atoms with Crippen LogP contribution in [-0.4, -0.2) is 24.5 Å². The van der Waals surface area contributed by atoms with Gasteiger partial charge >= 0.3 is 0 Å². The van der Waals surface area contributed by atoms with E-state index in [4.69, 9.17) is 5.73 Å². The highest BCUT2D eigenvalue weighted by Crippen LogP contribution is 2.30. The maximum Gasteiger partial charge on any atom is 0.126 e. The lowest BCUT2D eigenvalue weighted by atomic mass is 10.0. The van der Waals surface area contributed by atoms with Crippen LogP contribution in [0.3, 0.4) is 0 Å². The lowest BCUT2D eigenvalue weighted by Gasteiger charge is -2.23. The van der Waals surface area contributed by atoms with Crippen LogP contribution in [0.4, 0.5) is 8.78 Å². The first-order chi connectivity index (χ1) is 7.08. The van der Waals surface area contributed by atoms with Crippen molar-refractivity contribution in [2.24, 2.45) is 5.73 Å². The van der Waals surface area contributed by atoms with Gasteiger partial charge in [-0.3, -0.25) is 4.90 Å². The van der Waals surface area contributed by atoms with Gasteiger partial charge in [0, 0.05) is 24.7 Å². The summed E-state index contributed by atoms with van der Waals surface area (Å²) in [6.07, 6.45) is 0.860. The first-order valence-corrected chi connectivity index (χ1v) is 5.00. The van der Waals surface area contributed by atoms with Crippen LogP contribution >= 0.6 is 0 Å². The van der Waals surface area contributed by atoms with E-state index in [-0.39, 0.29) is 12.1 Å². The van der Waals surface area contributed by atoms with Gasteiger partial charge in [0.15, 0.2) is 0 Å². The van der Waals surface area contributed by atoms with Crippen LogP contribution in [0.15, 0.2) is 18.2 Å². The van der Waals surface area contributed by atoms with Crippen LogP contribution in [-0.2, 0) is 0 Å². The number of hydrogen-bond donors (Lipinski definition) is 1. The number of rotatable bonds is 1. The second-order valence-electron chi connectivity index (χ2n) is 4.08. The molecule has 1 fully saturated rings. The Kier molecular flexibility index (Phi) is 2.71. The van der Waals surface area contributed by atoms with Crippen LogP contribution < -0.4 is 5.73 Å². The van der Waals surface area contributed by atoms with E-state index in [1.165, 1.54) is 12.1 Å². The Balaban J connectivity index is 2.35. The molecule has 1 heterocycles. The summed E-state index contributed by atoms with van der Waals surface area (Å²) >= 11 is 0. The molecule has 4 heteroatoms. The predicted octanol–water partition coefficient (Wildman–Crippen LogP) is 1.67. The lowest BCUT2D eigenvalue weighted by molar-refractivity contribution is 0.302. The summed E-state index contributed by atoms with van der Waals surface area (Å²) in [5.74, 6) is -1.09. The quantitative estimate of drug-likeness (QED) is 0.767. The van der Waals surface area contributed by atoms with E-state index in [1.54, 1.807) is 0 Å². The summed E-state index contributed by atoms with van der Waals surface area (Å²) in [5, 5.41) is 0. The average molecular weight is 212 g/mol. The third kappa shape index (κ3) is 2.01. The molecule has 1 aliphatic heterocycles. The van der Waals surface area contributed by atoms with Crippen LogP contribution in [0, 0.1) is 11.6 Å². The van der Waals surface area contributed by atoms with Crippen molar-refractivity contribution in [1.29, 1.82) is 0 Å². The zero-order valence-corrected chi connectivity index (χ0v) is 8.58. The molecule has 0 aliphatic carbocycles. The Morgan fingerprint density at radius 2 is 1.87 bits per heavy atom. The molecule has 1 aliphatic rings. The number of likely N-dealkylation sites (N-methyl/N-ethyl adjacent to an activating group) is 1. The highest BCUT2D eigenvalue weighted by Gasteiger charge is 2.30. The Labute approximate surface area is 87.7 Å². The molecule has 1 aromatic carbocycles. The summed E-state index contributed by atoms with van der Waals surface area (Å²) in [6.45, 7) is 0.865. The van der Waals surface area contributed by atoms with Gasteiger partial charge in [-0.25, -0.2) is 8.78 Å². The highest BCUT2D eigenvalue weighted by atomic mass is 19.1. The van der Waals surface area contributed by atoms with Crippen molar-refractivity contribution in [2.45, 2.75) is 18.5 Å². The van der Waals surface area contributed by atoms with Gasteiger partial charge in [-0.2, -0.15) is 0 Å². The number of halogens is 2. The van der Waals surface area contributed by atoms with Crippen molar-refractivity contribution < 1.29 is 8.78 Å². The normalized spacial score (nSPS) is 27.2. The molecule has 0 saturated carbocycles. The first-order valence-electron chi connectivity index (χ1n) is 5.00. The summed E-state index contributed by atoms with van der Waals surface area (Å²) in [5.41, 5.74) is 6.54. The molecule has 0 aromatic heterocycles. The van der Waals surface area contributed by atoms with Gasteiger partial charge in [0.05, 0.1) is 0 Å². The van der Waals surface area contributed by atoms with E-state index >= 15 is 0 Å². The molecule has 15 heavy (non-hydrogen) atoms. The highest BCUT2D eigenvalue weighted by molar-refractivity contribution is 5.24. The molecular weight excluding hydrogens is 198 g/mol. The van der Waals surface area contributed by atoms with Crippen LogP contribution in [0.1, 0.15) is 18.0 Å². The van der Waals surface area contributed by atoms with Gasteiger partial charge in [0.2, 0.25) is 0 Å². The van der Waals surface area contributed by atoms with Crippen molar-refractivity contribution in [1.82, 2.24) is 4.90 Å². The standard InChI is InChI=1S/C11H14F2N2/c1-15-3-2-10(14)11(15)7-4-8(12)6-9(13)5-7/h4-6,10-11H,2-3,14H2,1H3. The van der Waals surface area contributed by atoms with Crippen LogP contribution in [0.2, 0.25) is 0 Å². The summed E-state index contributed by atoms with van der Waals surface area (Å²) in [6, 6.07) is 3.47. The zero-order chi connectivity index (χ0) is 11.0. The molecule has 2 atom stereocenters. The summed E-state index contributed by atoms with van der Waals surface area (Å²) in [4.78, 5) is 2.03. The molecule has 2 rings (SSSR count). The maximum absolute atomic E-state index is 13.0. The molecule has 0 radical (unpaired) electrons. The first kappa shape index (κ1) is 10.5. The Hall–Kier alpha value is -1.00. The van der Waals surface area contributed by atoms with Gasteiger partial charge in [-0.15, -0.1) is 0 Å². The SMILES string of the molecule is CN1CCC(N)C1c1cc(F)cc(F)c1. The fraction of sp³-hybridized carbons (Fsp3) is 0.455. The van der Waals surface area contributed by atoms with Crippen molar-refractivity contribution in [3.8, 4) is 0 Å². The summed E-state index contributed by atoms with van der Waals surface area (Å²) < 4.78 is 26.1. The van der Waals surface area contributed by atoms with E-state index in [9.17, 15) is 8.78 Å². The topological polar surface area (TPSA) is 29.3 Å². The molecule has 0 bridgehead atoms. The minimum Gasteiger partial charge on any atom is -0.326 e. The number of likely N-dealkylation sites (tertiary alicyclic amines) is 1. The average Bonchev–Trinajstić information content (AvgIpc) is 2.44. The van der Waals surface area contributed by atoms with Crippen molar-refractivity contribution in [3.05, 3.63) is 35.4 Å². The molecule has 82 valence electrons. The van der Waals surface area contributed by atoms with Crippen molar-refractivity contribution in [3.63, 3.8) is 0 Å². The Bertz CT molecular complexity index is 337. The number of nitrogens with zero attached hydrogens (tertiary/aromatic N) is 1. The van der Waals surface area contributed by atoms with E-state index in [1.807, 2.05) is 11.9 Å². The molecule has 2 N–H and O–H groups in total. The second kappa shape index (κ2) is 3.87. The molecule has 1 aromatic rings. The second-order valence-corrected chi connectivity index (χ2v) is 4.08. The van der Waals surface area contributed by atoms with E-state index in [2.05, 4.69) is 0 Å². The Morgan fingerprint density at radius 1 is 1.27 bits per heavy atom. The van der Waals surface area contributed by atoms with Gasteiger partial charge in [0.25, 0.3) is 0 Å². The maximum atomic E-state index is 13.0. The van der Waals surface area contributed by atoms with E-state index < -0.39 is 11.6 Å². The minimum absolute atomic E-state index is 0.0452. The van der Waals surface area contributed by atoms with Gasteiger partial charge in [-0.1, -0.05) is 0 Å². The zero-order valence-electron chi connectivity index (χ0n) is 8.58. The van der Waals surface area contributed by atoms with Crippen LogP contribution in [0.25, 0.3) is 0 Å². The molecule has 2 unspecified atom stereocenters. The smallest absolute Gasteiger partial charge is 0.126 e. The molecule has 0 amide bonds. The van der Waals surface area contributed by atoms with Gasteiger partial charge < -0.3 is 5.73 Å². The number of nitrogens with two attached hydrogens (primary N) is 1. The van der Waals surface area contributed by atoms with Crippen LogP contribution in [0.5, 0.6) is 0 Å². The molecule has 1 saturated heterocycles. The lowest BCUT2D eigenvalue weighted by Crippen LogP contribution is -2.29. The van der Waals surface area contributed by atoms with Gasteiger partial charge in [0.1, 0.15) is 11.6 Å². The number of benzene rings is 1. The third-order valence-corrected chi connectivity index (χ3v) is 2.92. The minimum atomic E-state index is -0.544. The Morgan fingerprint density at radius 3 is 2.33 bits per heavy atom. The molecular formula is C11H14F2N2. The largest absolute Gasteiger partial charge is 0.326 e.